The lowest BCUT2D eigenvalue weighted by atomic mass is 10.0. The molecule has 2 rings (SSSR count). The highest BCUT2D eigenvalue weighted by atomic mass is 79.9. The first-order valence-electron chi connectivity index (χ1n) is 5.35. The number of hydrogen-bond donors (Lipinski definition) is 1. The first kappa shape index (κ1) is 12.8. The third-order valence-electron chi connectivity index (χ3n) is 2.68. The van der Waals surface area contributed by atoms with Gasteiger partial charge in [-0.1, -0.05) is 15.9 Å². The Morgan fingerprint density at radius 1 is 1.22 bits per heavy atom. The second-order valence-electron chi connectivity index (χ2n) is 4.02. The lowest BCUT2D eigenvalue weighted by Gasteiger charge is -2.06. The summed E-state index contributed by atoms with van der Waals surface area (Å²) in [4.78, 5) is 12.3. The van der Waals surface area contributed by atoms with E-state index in [0.717, 1.165) is 4.47 Å². The molecule has 0 saturated carbocycles. The fourth-order valence-electron chi connectivity index (χ4n) is 1.67. The number of benzene rings is 2. The van der Waals surface area contributed by atoms with E-state index in [-0.39, 0.29) is 11.6 Å². The van der Waals surface area contributed by atoms with Gasteiger partial charge in [-0.2, -0.15) is 0 Å². The first-order valence-corrected chi connectivity index (χ1v) is 6.14. The van der Waals surface area contributed by atoms with E-state index < -0.39 is 0 Å². The van der Waals surface area contributed by atoms with Crippen LogP contribution in [0.3, 0.4) is 0 Å². The maximum absolute atomic E-state index is 13.2. The average Bonchev–Trinajstić information content (AvgIpc) is 2.35. The second-order valence-corrected chi connectivity index (χ2v) is 4.94. The van der Waals surface area contributed by atoms with Crippen LogP contribution in [0.15, 0.2) is 40.9 Å². The zero-order chi connectivity index (χ0) is 13.3. The Balaban J connectivity index is 2.47. The number of carbonyl (C=O) groups excluding carboxylic acids is 1. The predicted octanol–water partition coefficient (Wildman–Crippen LogP) is 3.71. The fraction of sp³-hybridized carbons (Fsp3) is 0.0714. The van der Waals surface area contributed by atoms with E-state index >= 15 is 0 Å². The van der Waals surface area contributed by atoms with Crippen LogP contribution in [0.4, 0.5) is 10.1 Å². The molecule has 0 aromatic heterocycles. The molecule has 92 valence electrons. The molecule has 0 aliphatic carbocycles. The molecule has 0 saturated heterocycles. The van der Waals surface area contributed by atoms with Gasteiger partial charge in [0.2, 0.25) is 0 Å². The van der Waals surface area contributed by atoms with Crippen LogP contribution in [-0.4, -0.2) is 5.78 Å². The summed E-state index contributed by atoms with van der Waals surface area (Å²) in [7, 11) is 0. The fourth-order valence-corrected chi connectivity index (χ4v) is 2.03. The summed E-state index contributed by atoms with van der Waals surface area (Å²) >= 11 is 3.30. The Morgan fingerprint density at radius 3 is 2.61 bits per heavy atom. The van der Waals surface area contributed by atoms with Crippen LogP contribution < -0.4 is 5.73 Å². The van der Waals surface area contributed by atoms with E-state index in [1.54, 1.807) is 25.1 Å². The highest BCUT2D eigenvalue weighted by Crippen LogP contribution is 2.22. The van der Waals surface area contributed by atoms with Crippen molar-refractivity contribution >= 4 is 27.4 Å². The van der Waals surface area contributed by atoms with Crippen molar-refractivity contribution in [2.45, 2.75) is 6.92 Å². The molecule has 0 radical (unpaired) electrons. The van der Waals surface area contributed by atoms with E-state index in [1.807, 2.05) is 0 Å². The van der Waals surface area contributed by atoms with Crippen molar-refractivity contribution in [3.05, 3.63) is 63.4 Å². The van der Waals surface area contributed by atoms with Gasteiger partial charge in [0, 0.05) is 21.3 Å². The van der Waals surface area contributed by atoms with Gasteiger partial charge < -0.3 is 5.73 Å². The van der Waals surface area contributed by atoms with Crippen LogP contribution in [0.5, 0.6) is 0 Å². The Hall–Kier alpha value is -1.68. The number of aryl methyl sites for hydroxylation is 1. The van der Waals surface area contributed by atoms with E-state index in [9.17, 15) is 9.18 Å². The molecule has 2 N–H and O–H groups in total. The van der Waals surface area contributed by atoms with E-state index in [1.165, 1.54) is 18.2 Å². The number of halogens is 2. The standard InChI is InChI=1S/C14H11BrFNO/c1-8-6-9(2-4-12(8)16)14(18)11-7-10(15)3-5-13(11)17/h2-7H,17H2,1H3. The molecule has 0 bridgehead atoms. The summed E-state index contributed by atoms with van der Waals surface area (Å²) in [5.74, 6) is -0.536. The minimum Gasteiger partial charge on any atom is -0.398 e. The number of anilines is 1. The van der Waals surface area contributed by atoms with Crippen molar-refractivity contribution in [3.8, 4) is 0 Å². The molecule has 2 aromatic carbocycles. The molecular weight excluding hydrogens is 297 g/mol. The zero-order valence-electron chi connectivity index (χ0n) is 9.71. The van der Waals surface area contributed by atoms with E-state index in [0.29, 0.717) is 22.4 Å². The summed E-state index contributed by atoms with van der Waals surface area (Å²) in [6, 6.07) is 9.37. The van der Waals surface area contributed by atoms with Crippen LogP contribution in [0, 0.1) is 12.7 Å². The number of hydrogen-bond acceptors (Lipinski definition) is 2. The van der Waals surface area contributed by atoms with Crippen molar-refractivity contribution in [1.82, 2.24) is 0 Å². The molecule has 0 unspecified atom stereocenters. The summed E-state index contributed by atoms with van der Waals surface area (Å²) < 4.78 is 13.9. The molecule has 0 fully saturated rings. The summed E-state index contributed by atoms with van der Waals surface area (Å²) in [5, 5.41) is 0. The minimum absolute atomic E-state index is 0.211. The van der Waals surface area contributed by atoms with Gasteiger partial charge in [-0.3, -0.25) is 4.79 Å². The largest absolute Gasteiger partial charge is 0.398 e. The molecule has 18 heavy (non-hydrogen) atoms. The molecule has 0 amide bonds. The van der Waals surface area contributed by atoms with Gasteiger partial charge >= 0.3 is 0 Å². The van der Waals surface area contributed by atoms with Crippen LogP contribution >= 0.6 is 15.9 Å². The predicted molar refractivity (Wildman–Crippen MR) is 73.1 cm³/mol. The third-order valence-corrected chi connectivity index (χ3v) is 3.17. The molecule has 2 aromatic rings. The van der Waals surface area contributed by atoms with Gasteiger partial charge in [-0.25, -0.2) is 4.39 Å². The van der Waals surface area contributed by atoms with Crippen molar-refractivity contribution in [2.24, 2.45) is 0 Å². The van der Waals surface area contributed by atoms with Crippen LogP contribution in [-0.2, 0) is 0 Å². The Bertz CT molecular complexity index is 625. The minimum atomic E-state index is -0.325. The zero-order valence-corrected chi connectivity index (χ0v) is 11.3. The third kappa shape index (κ3) is 2.43. The summed E-state index contributed by atoms with van der Waals surface area (Å²) in [6.45, 7) is 1.62. The first-order chi connectivity index (χ1) is 8.49. The molecule has 0 atom stereocenters. The molecule has 4 heteroatoms. The topological polar surface area (TPSA) is 43.1 Å². The monoisotopic (exact) mass is 307 g/mol. The van der Waals surface area contributed by atoms with Crippen molar-refractivity contribution in [3.63, 3.8) is 0 Å². The Morgan fingerprint density at radius 2 is 1.94 bits per heavy atom. The quantitative estimate of drug-likeness (QED) is 0.679. The highest BCUT2D eigenvalue weighted by Gasteiger charge is 2.13. The molecule has 2 nitrogen and oxygen atoms in total. The van der Waals surface area contributed by atoms with E-state index in [4.69, 9.17) is 5.73 Å². The maximum atomic E-state index is 13.2. The lowest BCUT2D eigenvalue weighted by Crippen LogP contribution is -2.06. The SMILES string of the molecule is Cc1cc(C(=O)c2cc(Br)ccc2N)ccc1F. The number of rotatable bonds is 2. The van der Waals surface area contributed by atoms with Crippen molar-refractivity contribution < 1.29 is 9.18 Å². The number of ketones is 1. The van der Waals surface area contributed by atoms with Gasteiger partial charge in [0.1, 0.15) is 5.82 Å². The Labute approximate surface area is 113 Å². The van der Waals surface area contributed by atoms with Crippen LogP contribution in [0.2, 0.25) is 0 Å². The van der Waals surface area contributed by atoms with Crippen LogP contribution in [0.25, 0.3) is 0 Å². The van der Waals surface area contributed by atoms with Gasteiger partial charge in [-0.05, 0) is 48.9 Å². The average molecular weight is 308 g/mol. The normalized spacial score (nSPS) is 10.4. The number of carbonyl (C=O) groups is 1. The van der Waals surface area contributed by atoms with Gasteiger partial charge in [0.15, 0.2) is 5.78 Å². The van der Waals surface area contributed by atoms with Gasteiger partial charge in [0.05, 0.1) is 0 Å². The molecule has 0 aliphatic heterocycles. The number of nitrogens with two attached hydrogens (primary N) is 1. The summed E-state index contributed by atoms with van der Waals surface area (Å²) in [6.07, 6.45) is 0. The molecular formula is C14H11BrFNO. The van der Waals surface area contributed by atoms with Crippen molar-refractivity contribution in [1.29, 1.82) is 0 Å². The smallest absolute Gasteiger partial charge is 0.195 e. The molecule has 0 aliphatic rings. The maximum Gasteiger partial charge on any atom is 0.195 e. The van der Waals surface area contributed by atoms with Crippen LogP contribution in [0.1, 0.15) is 21.5 Å². The van der Waals surface area contributed by atoms with Crippen molar-refractivity contribution in [2.75, 3.05) is 5.73 Å². The molecule has 0 heterocycles. The lowest BCUT2D eigenvalue weighted by molar-refractivity contribution is 0.103. The Kier molecular flexibility index (Phi) is 3.48. The summed E-state index contributed by atoms with van der Waals surface area (Å²) in [5.41, 5.74) is 7.47. The van der Waals surface area contributed by atoms with E-state index in [2.05, 4.69) is 15.9 Å². The second kappa shape index (κ2) is 4.90. The van der Waals surface area contributed by atoms with Gasteiger partial charge in [0.25, 0.3) is 0 Å². The number of nitrogen functional groups attached to an aromatic ring is 1. The van der Waals surface area contributed by atoms with Gasteiger partial charge in [-0.15, -0.1) is 0 Å². The molecule has 0 spiro atoms. The highest BCUT2D eigenvalue weighted by molar-refractivity contribution is 9.10.